The van der Waals surface area contributed by atoms with E-state index in [4.69, 9.17) is 5.11 Å². The first-order valence-electron chi connectivity index (χ1n) is 6.42. The summed E-state index contributed by atoms with van der Waals surface area (Å²) in [5.41, 5.74) is 0. The van der Waals surface area contributed by atoms with Gasteiger partial charge in [-0.05, 0) is 37.5 Å². The van der Waals surface area contributed by atoms with Gasteiger partial charge in [0, 0.05) is 19.5 Å². The van der Waals surface area contributed by atoms with Gasteiger partial charge in [0.2, 0.25) is 5.91 Å². The lowest BCUT2D eigenvalue weighted by Gasteiger charge is -2.32. The minimum absolute atomic E-state index is 0.0591. The summed E-state index contributed by atoms with van der Waals surface area (Å²) in [6, 6.07) is 0. The molecule has 0 heterocycles. The van der Waals surface area contributed by atoms with Gasteiger partial charge >= 0.3 is 0 Å². The number of amides is 1. The van der Waals surface area contributed by atoms with E-state index in [9.17, 15) is 4.79 Å². The second-order valence-electron chi connectivity index (χ2n) is 5.34. The average Bonchev–Trinajstić information content (AvgIpc) is 2.28. The fourth-order valence-electron chi connectivity index (χ4n) is 2.60. The topological polar surface area (TPSA) is 40.5 Å². The molecular formula is C13H25NO2. The van der Waals surface area contributed by atoms with Crippen LogP contribution in [0.3, 0.4) is 0 Å². The summed E-state index contributed by atoms with van der Waals surface area (Å²) >= 11 is 0. The number of nitrogens with zero attached hydrogens (tertiary/aromatic N) is 1. The van der Waals surface area contributed by atoms with E-state index in [1.807, 2.05) is 0 Å². The number of hydrogen-bond donors (Lipinski definition) is 1. The second kappa shape index (κ2) is 6.24. The Morgan fingerprint density at radius 2 is 1.88 bits per heavy atom. The quantitative estimate of drug-likeness (QED) is 0.797. The van der Waals surface area contributed by atoms with E-state index in [0.29, 0.717) is 6.54 Å². The number of aliphatic hydroxyl groups is 1. The molecule has 0 spiro atoms. The Balaban J connectivity index is 2.38. The summed E-state index contributed by atoms with van der Waals surface area (Å²) in [6.07, 6.45) is 4.41. The molecule has 0 atom stereocenters. The van der Waals surface area contributed by atoms with Gasteiger partial charge in [-0.15, -0.1) is 0 Å². The van der Waals surface area contributed by atoms with E-state index in [0.717, 1.165) is 24.7 Å². The van der Waals surface area contributed by atoms with Crippen LogP contribution in [0.1, 0.15) is 39.5 Å². The maximum Gasteiger partial charge on any atom is 0.225 e. The number of carbonyl (C=O) groups is 1. The number of likely N-dealkylation sites (N-methyl/N-ethyl adjacent to an activating group) is 1. The molecule has 1 aliphatic carbocycles. The third kappa shape index (κ3) is 3.48. The number of rotatable bonds is 4. The molecular weight excluding hydrogens is 202 g/mol. The highest BCUT2D eigenvalue weighted by Crippen LogP contribution is 2.33. The number of carbonyl (C=O) groups excluding carboxylic acids is 1. The molecule has 1 aliphatic rings. The Bertz CT molecular complexity index is 220. The van der Waals surface area contributed by atoms with Crippen molar-refractivity contribution in [3.8, 4) is 0 Å². The van der Waals surface area contributed by atoms with Gasteiger partial charge in [-0.2, -0.15) is 0 Å². The molecule has 1 rings (SSSR count). The van der Waals surface area contributed by atoms with Gasteiger partial charge in [0.1, 0.15) is 0 Å². The van der Waals surface area contributed by atoms with Crippen LogP contribution in [0, 0.1) is 17.8 Å². The highest BCUT2D eigenvalue weighted by atomic mass is 16.3. The normalized spacial score (nSPS) is 25.8. The van der Waals surface area contributed by atoms with Gasteiger partial charge in [-0.3, -0.25) is 4.79 Å². The Kier molecular flexibility index (Phi) is 5.26. The molecule has 0 aromatic rings. The Hall–Kier alpha value is -0.570. The van der Waals surface area contributed by atoms with Crippen LogP contribution in [-0.4, -0.2) is 36.1 Å². The molecule has 1 amide bonds. The summed E-state index contributed by atoms with van der Waals surface area (Å²) in [5, 5.41) is 8.80. The van der Waals surface area contributed by atoms with E-state index in [1.165, 1.54) is 12.8 Å². The SMILES string of the molecule is CC(C)C1CCC(C(=O)N(C)CCO)CC1. The zero-order valence-electron chi connectivity index (χ0n) is 10.8. The zero-order valence-corrected chi connectivity index (χ0v) is 10.8. The third-order valence-corrected chi connectivity index (χ3v) is 3.88. The van der Waals surface area contributed by atoms with Gasteiger partial charge in [-0.1, -0.05) is 13.8 Å². The van der Waals surface area contributed by atoms with Crippen molar-refractivity contribution in [3.05, 3.63) is 0 Å². The van der Waals surface area contributed by atoms with Crippen molar-refractivity contribution < 1.29 is 9.90 Å². The van der Waals surface area contributed by atoms with Crippen LogP contribution in [0.2, 0.25) is 0 Å². The average molecular weight is 227 g/mol. The van der Waals surface area contributed by atoms with Crippen molar-refractivity contribution in [1.29, 1.82) is 0 Å². The van der Waals surface area contributed by atoms with Crippen LogP contribution in [0.25, 0.3) is 0 Å². The van der Waals surface area contributed by atoms with Crippen molar-refractivity contribution in [2.75, 3.05) is 20.2 Å². The standard InChI is InChI=1S/C13H25NO2/c1-10(2)11-4-6-12(7-5-11)13(16)14(3)8-9-15/h10-12,15H,4-9H2,1-3H3. The van der Waals surface area contributed by atoms with Crippen LogP contribution in [-0.2, 0) is 4.79 Å². The molecule has 94 valence electrons. The van der Waals surface area contributed by atoms with E-state index in [2.05, 4.69) is 13.8 Å². The Morgan fingerprint density at radius 3 is 2.31 bits per heavy atom. The molecule has 16 heavy (non-hydrogen) atoms. The lowest BCUT2D eigenvalue weighted by molar-refractivity contribution is -0.136. The zero-order chi connectivity index (χ0) is 12.1. The van der Waals surface area contributed by atoms with E-state index < -0.39 is 0 Å². The van der Waals surface area contributed by atoms with Gasteiger partial charge in [0.15, 0.2) is 0 Å². The molecule has 1 saturated carbocycles. The largest absolute Gasteiger partial charge is 0.395 e. The minimum Gasteiger partial charge on any atom is -0.395 e. The molecule has 3 nitrogen and oxygen atoms in total. The molecule has 0 saturated heterocycles. The molecule has 3 heteroatoms. The minimum atomic E-state index is 0.0591. The highest BCUT2D eigenvalue weighted by Gasteiger charge is 2.28. The van der Waals surface area contributed by atoms with Gasteiger partial charge in [-0.25, -0.2) is 0 Å². The van der Waals surface area contributed by atoms with Gasteiger partial charge < -0.3 is 10.0 Å². The molecule has 1 N–H and O–H groups in total. The fraction of sp³-hybridized carbons (Fsp3) is 0.923. The molecule has 0 bridgehead atoms. The summed E-state index contributed by atoms with van der Waals surface area (Å²) in [5.74, 6) is 1.96. The molecule has 0 aromatic heterocycles. The van der Waals surface area contributed by atoms with E-state index >= 15 is 0 Å². The first-order valence-corrected chi connectivity index (χ1v) is 6.42. The molecule has 0 radical (unpaired) electrons. The summed E-state index contributed by atoms with van der Waals surface area (Å²) in [4.78, 5) is 13.6. The van der Waals surface area contributed by atoms with Crippen molar-refractivity contribution in [2.45, 2.75) is 39.5 Å². The van der Waals surface area contributed by atoms with Crippen LogP contribution in [0.15, 0.2) is 0 Å². The smallest absolute Gasteiger partial charge is 0.225 e. The van der Waals surface area contributed by atoms with E-state index in [-0.39, 0.29) is 18.4 Å². The van der Waals surface area contributed by atoms with Crippen LogP contribution < -0.4 is 0 Å². The fourth-order valence-corrected chi connectivity index (χ4v) is 2.60. The first kappa shape index (κ1) is 13.5. The van der Waals surface area contributed by atoms with Crippen LogP contribution in [0.4, 0.5) is 0 Å². The summed E-state index contributed by atoms with van der Waals surface area (Å²) in [7, 11) is 1.78. The summed E-state index contributed by atoms with van der Waals surface area (Å²) in [6.45, 7) is 5.06. The maximum absolute atomic E-state index is 12.0. The number of hydrogen-bond acceptors (Lipinski definition) is 2. The predicted octanol–water partition coefficient (Wildman–Crippen LogP) is 1.90. The second-order valence-corrected chi connectivity index (χ2v) is 5.34. The van der Waals surface area contributed by atoms with Crippen molar-refractivity contribution in [3.63, 3.8) is 0 Å². The van der Waals surface area contributed by atoms with Crippen LogP contribution >= 0.6 is 0 Å². The van der Waals surface area contributed by atoms with Crippen molar-refractivity contribution in [1.82, 2.24) is 4.90 Å². The first-order chi connectivity index (χ1) is 7.56. The maximum atomic E-state index is 12.0. The lowest BCUT2D eigenvalue weighted by Crippen LogP contribution is -2.37. The van der Waals surface area contributed by atoms with Crippen LogP contribution in [0.5, 0.6) is 0 Å². The predicted molar refractivity (Wildman–Crippen MR) is 65.0 cm³/mol. The highest BCUT2D eigenvalue weighted by molar-refractivity contribution is 5.78. The van der Waals surface area contributed by atoms with E-state index in [1.54, 1.807) is 11.9 Å². The van der Waals surface area contributed by atoms with Gasteiger partial charge in [0.05, 0.1) is 6.61 Å². The third-order valence-electron chi connectivity index (χ3n) is 3.88. The number of aliphatic hydroxyl groups excluding tert-OH is 1. The Morgan fingerprint density at radius 1 is 1.31 bits per heavy atom. The molecule has 1 fully saturated rings. The van der Waals surface area contributed by atoms with Crippen molar-refractivity contribution in [2.24, 2.45) is 17.8 Å². The summed E-state index contributed by atoms with van der Waals surface area (Å²) < 4.78 is 0. The Labute approximate surface area is 98.8 Å². The van der Waals surface area contributed by atoms with Crippen molar-refractivity contribution >= 4 is 5.91 Å². The molecule has 0 unspecified atom stereocenters. The van der Waals surface area contributed by atoms with Gasteiger partial charge in [0.25, 0.3) is 0 Å². The lowest BCUT2D eigenvalue weighted by atomic mass is 9.76. The molecule has 0 aromatic carbocycles. The molecule has 0 aliphatic heterocycles. The monoisotopic (exact) mass is 227 g/mol.